The van der Waals surface area contributed by atoms with Gasteiger partial charge in [-0.3, -0.25) is 0 Å². The molecule has 0 amide bonds. The Bertz CT molecular complexity index is 116. The van der Waals surface area contributed by atoms with Crippen LogP contribution >= 0.6 is 0 Å². The normalized spacial score (nSPS) is 15.1. The van der Waals surface area contributed by atoms with Gasteiger partial charge in [0.1, 0.15) is 0 Å². The zero-order chi connectivity index (χ0) is 7.65. The molecule has 0 saturated heterocycles. The van der Waals surface area contributed by atoms with E-state index in [4.69, 9.17) is 15.5 Å². The van der Waals surface area contributed by atoms with Crippen LogP contribution < -0.4 is 0 Å². The molecule has 0 rings (SSSR count). The van der Waals surface area contributed by atoms with E-state index in [0.717, 1.165) is 6.92 Å². The molecule has 54 valence electrons. The summed E-state index contributed by atoms with van der Waals surface area (Å²) in [4.78, 5) is 7.03. The third kappa shape index (κ3) is 2.38. The first-order valence-corrected chi connectivity index (χ1v) is 2.13. The number of quaternary nitrogens is 1. The molecule has 6 nitrogen and oxygen atoms in total. The molecule has 0 aromatic carbocycles. The second-order valence-corrected chi connectivity index (χ2v) is 1.60. The van der Waals surface area contributed by atoms with Crippen LogP contribution in [0.5, 0.6) is 0 Å². The maximum Gasteiger partial charge on any atom is 0.369 e. The lowest BCUT2D eigenvalue weighted by molar-refractivity contribution is -1.22. The zero-order valence-corrected chi connectivity index (χ0v) is 4.68. The molecule has 0 saturated carbocycles. The molecule has 0 aliphatic heterocycles. The summed E-state index contributed by atoms with van der Waals surface area (Å²) in [6.45, 7) is 0.884. The molecule has 0 aliphatic carbocycles. The Balaban J connectivity index is 4.04. The van der Waals surface area contributed by atoms with Crippen molar-refractivity contribution in [1.29, 1.82) is 0 Å². The van der Waals surface area contributed by atoms with Gasteiger partial charge in [-0.05, 0) is 0 Å². The molecule has 1 atom stereocenters. The number of carbonyl (C=O) groups is 1. The molecule has 0 aromatic heterocycles. The van der Waals surface area contributed by atoms with Gasteiger partial charge in [-0.15, -0.1) is 0 Å². The van der Waals surface area contributed by atoms with E-state index in [2.05, 4.69) is 0 Å². The number of hydrogen-bond acceptors (Lipinski definition) is 4. The van der Waals surface area contributed by atoms with Gasteiger partial charge >= 0.3 is 5.97 Å². The molecule has 0 bridgehead atoms. The Kier molecular flexibility index (Phi) is 2.10. The number of carboxylic acids is 1. The van der Waals surface area contributed by atoms with Crippen LogP contribution in [0.25, 0.3) is 0 Å². The van der Waals surface area contributed by atoms with Crippen molar-refractivity contribution in [3.63, 3.8) is 0 Å². The van der Waals surface area contributed by atoms with Gasteiger partial charge in [-0.1, -0.05) is 4.97 Å². The Morgan fingerprint density at radius 2 is 2.00 bits per heavy atom. The van der Waals surface area contributed by atoms with Gasteiger partial charge < -0.3 is 10.3 Å². The number of carboxylic acid groups (broad SMARTS) is 1. The number of hydrogen-bond donors (Lipinski definition) is 3. The van der Waals surface area contributed by atoms with E-state index in [1.165, 1.54) is 0 Å². The highest BCUT2D eigenvalue weighted by molar-refractivity contribution is 5.71. The Morgan fingerprint density at radius 3 is 2.00 bits per heavy atom. The van der Waals surface area contributed by atoms with Gasteiger partial charge in [0.05, 0.1) is 0 Å². The summed E-state index contributed by atoms with van der Waals surface area (Å²) in [6, 6.07) is -1.77. The second kappa shape index (κ2) is 2.28. The zero-order valence-electron chi connectivity index (χ0n) is 4.68. The predicted molar refractivity (Wildman–Crippen MR) is 24.3 cm³/mol. The Morgan fingerprint density at radius 1 is 1.67 bits per heavy atom. The number of nitrogens with zero attached hydrogens (tertiary/aromatic N) is 1. The fraction of sp³-hybridized carbons (Fsp3) is 0.667. The molecular formula is C3H7NO5. The van der Waals surface area contributed by atoms with Gasteiger partial charge in [0, 0.05) is 6.92 Å². The van der Waals surface area contributed by atoms with Gasteiger partial charge in [0.25, 0.3) is 0 Å². The van der Waals surface area contributed by atoms with Crippen LogP contribution in [0.15, 0.2) is 0 Å². The van der Waals surface area contributed by atoms with Crippen LogP contribution in [0.2, 0.25) is 0 Å². The highest BCUT2D eigenvalue weighted by atomic mass is 17.1. The van der Waals surface area contributed by atoms with Crippen molar-refractivity contribution in [3.8, 4) is 0 Å². The standard InChI is InChI=1S/C3H7NO5/c1-2(3(5)6)4(7,8)9/h2,7-8H,1H3,(H,5,6). The fourth-order valence-corrected chi connectivity index (χ4v) is 0.144. The van der Waals surface area contributed by atoms with E-state index in [1.54, 1.807) is 0 Å². The first kappa shape index (κ1) is 8.31. The van der Waals surface area contributed by atoms with E-state index in [9.17, 15) is 10.0 Å². The largest absolute Gasteiger partial charge is 0.564 e. The van der Waals surface area contributed by atoms with Crippen molar-refractivity contribution >= 4 is 5.97 Å². The molecule has 3 N–H and O–H groups in total. The van der Waals surface area contributed by atoms with Crippen molar-refractivity contribution in [1.82, 2.24) is 0 Å². The average molecular weight is 137 g/mol. The third-order valence-electron chi connectivity index (χ3n) is 0.862. The molecular weight excluding hydrogens is 130 g/mol. The van der Waals surface area contributed by atoms with Crippen molar-refractivity contribution in [2.45, 2.75) is 13.0 Å². The van der Waals surface area contributed by atoms with E-state index in [0.29, 0.717) is 0 Å². The molecule has 0 radical (unpaired) electrons. The number of hydroxylamine groups is 3. The van der Waals surface area contributed by atoms with Gasteiger partial charge in [-0.25, -0.2) is 4.79 Å². The maximum atomic E-state index is 9.91. The van der Waals surface area contributed by atoms with E-state index in [-0.39, 0.29) is 0 Å². The van der Waals surface area contributed by atoms with Gasteiger partial charge in [0.15, 0.2) is 0 Å². The number of aliphatic carboxylic acids is 1. The SMILES string of the molecule is CC(C(=O)O)[N+]([O-])(O)O. The molecule has 0 aliphatic rings. The third-order valence-corrected chi connectivity index (χ3v) is 0.862. The second-order valence-electron chi connectivity index (χ2n) is 1.60. The van der Waals surface area contributed by atoms with Gasteiger partial charge in [0.2, 0.25) is 6.04 Å². The molecule has 1 unspecified atom stereocenters. The minimum atomic E-state index is -2.78. The van der Waals surface area contributed by atoms with E-state index in [1.807, 2.05) is 0 Å². The summed E-state index contributed by atoms with van der Waals surface area (Å²) >= 11 is 0. The van der Waals surface area contributed by atoms with Crippen molar-refractivity contribution in [2.24, 2.45) is 0 Å². The molecule has 9 heavy (non-hydrogen) atoms. The van der Waals surface area contributed by atoms with Crippen LogP contribution in [0.3, 0.4) is 0 Å². The predicted octanol–water partition coefficient (Wildman–Crippen LogP) is -0.447. The molecule has 0 fully saturated rings. The highest BCUT2D eigenvalue weighted by Crippen LogP contribution is 2.00. The quantitative estimate of drug-likeness (QED) is 0.353. The lowest BCUT2D eigenvalue weighted by atomic mass is 10.4. The first-order chi connectivity index (χ1) is 3.85. The molecule has 6 heteroatoms. The highest BCUT2D eigenvalue weighted by Gasteiger charge is 2.28. The van der Waals surface area contributed by atoms with E-state index < -0.39 is 17.0 Å². The van der Waals surface area contributed by atoms with Crippen LogP contribution in [0.4, 0.5) is 0 Å². The fourth-order valence-electron chi connectivity index (χ4n) is 0.144. The van der Waals surface area contributed by atoms with Crippen LogP contribution in [-0.4, -0.2) is 32.5 Å². The van der Waals surface area contributed by atoms with Crippen molar-refractivity contribution in [3.05, 3.63) is 5.21 Å². The summed E-state index contributed by atoms with van der Waals surface area (Å²) < 4.78 is 0. The van der Waals surface area contributed by atoms with Gasteiger partial charge in [-0.2, -0.15) is 10.4 Å². The molecule has 0 spiro atoms. The Hall–Kier alpha value is -0.690. The molecule has 0 aromatic rings. The van der Waals surface area contributed by atoms with Crippen LogP contribution in [0, 0.1) is 5.21 Å². The topological polar surface area (TPSA) is 101 Å². The minimum Gasteiger partial charge on any atom is -0.564 e. The summed E-state index contributed by atoms with van der Waals surface area (Å²) in [5.41, 5.74) is 0. The summed E-state index contributed by atoms with van der Waals surface area (Å²) in [7, 11) is 0. The summed E-state index contributed by atoms with van der Waals surface area (Å²) in [6.07, 6.45) is 0. The summed E-state index contributed by atoms with van der Waals surface area (Å²) in [5.74, 6) is -1.56. The maximum absolute atomic E-state index is 9.91. The minimum absolute atomic E-state index is 0.884. The smallest absolute Gasteiger partial charge is 0.369 e. The summed E-state index contributed by atoms with van der Waals surface area (Å²) in [5, 5.41) is 33.9. The lowest BCUT2D eigenvalue weighted by Gasteiger charge is -2.26. The Labute approximate surface area is 50.6 Å². The first-order valence-electron chi connectivity index (χ1n) is 2.13. The molecule has 0 heterocycles. The monoisotopic (exact) mass is 137 g/mol. The van der Waals surface area contributed by atoms with E-state index >= 15 is 0 Å². The van der Waals surface area contributed by atoms with Crippen LogP contribution in [-0.2, 0) is 4.79 Å². The lowest BCUT2D eigenvalue weighted by Crippen LogP contribution is -2.47. The number of rotatable bonds is 2. The van der Waals surface area contributed by atoms with Crippen molar-refractivity contribution < 1.29 is 25.3 Å². The van der Waals surface area contributed by atoms with Crippen LogP contribution in [0.1, 0.15) is 6.92 Å². The average Bonchev–Trinajstić information content (AvgIpc) is 1.62. The van der Waals surface area contributed by atoms with Crippen molar-refractivity contribution in [2.75, 3.05) is 0 Å².